The highest BCUT2D eigenvalue weighted by Gasteiger charge is 2.15. The van der Waals surface area contributed by atoms with Crippen molar-refractivity contribution in [3.8, 4) is 6.07 Å². The molecule has 9 heavy (non-hydrogen) atoms. The van der Waals surface area contributed by atoms with Crippen LogP contribution in [-0.4, -0.2) is 11.0 Å². The molecule has 0 aromatic heterocycles. The summed E-state index contributed by atoms with van der Waals surface area (Å²) in [4.78, 5) is 8.28. The van der Waals surface area contributed by atoms with E-state index in [9.17, 15) is 4.57 Å². The van der Waals surface area contributed by atoms with Gasteiger partial charge in [0, 0.05) is 0 Å². The average molecular weight is 150 g/mol. The van der Waals surface area contributed by atoms with Gasteiger partial charge >= 0.3 is 7.75 Å². The van der Waals surface area contributed by atoms with Crippen LogP contribution in [0.4, 0.5) is 0 Å². The predicted octanol–water partition coefficient (Wildman–Crippen LogP) is -0.0258. The minimum Gasteiger partial charge on any atom is -0.313 e. The van der Waals surface area contributed by atoms with Gasteiger partial charge in [-0.2, -0.15) is 5.26 Å². The Morgan fingerprint density at radius 1 is 2.00 bits per heavy atom. The van der Waals surface area contributed by atoms with E-state index in [0.29, 0.717) is 0 Å². The fourth-order valence-electron chi connectivity index (χ4n) is 0.250. The summed E-state index contributed by atoms with van der Waals surface area (Å²) in [6.07, 6.45) is -0.939. The molecule has 2 unspecified atom stereocenters. The normalized spacial score (nSPS) is 19.8. The van der Waals surface area contributed by atoms with Crippen molar-refractivity contribution in [3.05, 3.63) is 0 Å². The molecule has 0 rings (SSSR count). The van der Waals surface area contributed by atoms with Crippen molar-refractivity contribution in [2.45, 2.75) is 13.0 Å². The summed E-state index contributed by atoms with van der Waals surface area (Å²) in [7, 11) is -3.96. The Bertz CT molecular complexity index is 168. The second-order valence-corrected chi connectivity index (χ2v) is 2.78. The van der Waals surface area contributed by atoms with Gasteiger partial charge in [0.05, 0.1) is 6.07 Å². The maximum Gasteiger partial charge on any atom is 0.401 e. The summed E-state index contributed by atoms with van der Waals surface area (Å²) in [5.74, 6) is 0. The Morgan fingerprint density at radius 2 is 2.44 bits per heavy atom. The predicted molar refractivity (Wildman–Crippen MR) is 30.2 cm³/mol. The monoisotopic (exact) mass is 150 g/mol. The van der Waals surface area contributed by atoms with Crippen LogP contribution in [0.5, 0.6) is 0 Å². The van der Waals surface area contributed by atoms with Crippen molar-refractivity contribution in [1.82, 2.24) is 0 Å². The lowest BCUT2D eigenvalue weighted by Crippen LogP contribution is -2.06. The van der Waals surface area contributed by atoms with E-state index in [4.69, 9.17) is 10.2 Å². The number of nitriles is 1. The molecule has 0 aromatic rings. The molecule has 0 fully saturated rings. The van der Waals surface area contributed by atoms with Crippen molar-refractivity contribution < 1.29 is 14.0 Å². The third-order valence-electron chi connectivity index (χ3n) is 0.491. The van der Waals surface area contributed by atoms with Crippen molar-refractivity contribution in [3.63, 3.8) is 0 Å². The van der Waals surface area contributed by atoms with Crippen molar-refractivity contribution in [1.29, 1.82) is 5.26 Å². The first kappa shape index (κ1) is 8.60. The molecule has 0 spiro atoms. The van der Waals surface area contributed by atoms with E-state index in [0.717, 1.165) is 0 Å². The second kappa shape index (κ2) is 2.95. The van der Waals surface area contributed by atoms with Gasteiger partial charge in [-0.25, -0.2) is 10.1 Å². The maximum absolute atomic E-state index is 10.1. The number of hydrogen-bond donors (Lipinski definition) is 2. The van der Waals surface area contributed by atoms with E-state index < -0.39 is 13.9 Å². The molecule has 2 atom stereocenters. The van der Waals surface area contributed by atoms with E-state index in [-0.39, 0.29) is 0 Å². The summed E-state index contributed by atoms with van der Waals surface area (Å²) in [6, 6.07) is 1.59. The molecule has 0 saturated carbocycles. The first-order valence-electron chi connectivity index (χ1n) is 2.15. The van der Waals surface area contributed by atoms with Gasteiger partial charge in [0.1, 0.15) is 0 Å². The zero-order valence-electron chi connectivity index (χ0n) is 4.81. The van der Waals surface area contributed by atoms with Gasteiger partial charge in [0.25, 0.3) is 0 Å². The van der Waals surface area contributed by atoms with Gasteiger partial charge in [-0.05, 0) is 6.92 Å². The van der Waals surface area contributed by atoms with Crippen LogP contribution in [0.3, 0.4) is 0 Å². The molecule has 3 N–H and O–H groups in total. The van der Waals surface area contributed by atoms with Gasteiger partial charge in [-0.3, -0.25) is 4.52 Å². The lowest BCUT2D eigenvalue weighted by atomic mass is 10.5. The highest BCUT2D eigenvalue weighted by atomic mass is 31.2. The van der Waals surface area contributed by atoms with Crippen LogP contribution < -0.4 is 5.50 Å². The Morgan fingerprint density at radius 3 is 2.56 bits per heavy atom. The molecule has 0 aliphatic carbocycles. The van der Waals surface area contributed by atoms with Crippen molar-refractivity contribution >= 4 is 7.75 Å². The van der Waals surface area contributed by atoms with Gasteiger partial charge in [-0.15, -0.1) is 0 Å². The van der Waals surface area contributed by atoms with Gasteiger partial charge < -0.3 is 4.89 Å². The summed E-state index contributed by atoms with van der Waals surface area (Å²) in [6.45, 7) is 1.33. The first-order valence-corrected chi connectivity index (χ1v) is 3.80. The Hall–Kier alpha value is -0.400. The third kappa shape index (κ3) is 5.47. The summed E-state index contributed by atoms with van der Waals surface area (Å²) in [5.41, 5.74) is 4.55. The Labute approximate surface area is 52.6 Å². The van der Waals surface area contributed by atoms with Crippen LogP contribution in [0.1, 0.15) is 6.92 Å². The topological polar surface area (TPSA) is 96.3 Å². The minimum atomic E-state index is -3.96. The molecular weight excluding hydrogens is 143 g/mol. The molecule has 0 bridgehead atoms. The zero-order valence-corrected chi connectivity index (χ0v) is 5.71. The Balaban J connectivity index is 3.78. The van der Waals surface area contributed by atoms with E-state index in [1.165, 1.54) is 6.92 Å². The van der Waals surface area contributed by atoms with Crippen LogP contribution >= 0.6 is 7.75 Å². The molecule has 0 heterocycles. The van der Waals surface area contributed by atoms with Crippen molar-refractivity contribution in [2.75, 3.05) is 0 Å². The average Bonchev–Trinajstić information content (AvgIpc) is 1.62. The van der Waals surface area contributed by atoms with Gasteiger partial charge in [0.15, 0.2) is 6.10 Å². The second-order valence-electron chi connectivity index (χ2n) is 1.44. The lowest BCUT2D eigenvalue weighted by molar-refractivity contribution is 0.230. The number of nitrogens with zero attached hydrogens (tertiary/aromatic N) is 1. The summed E-state index contributed by atoms with van der Waals surface area (Å²) < 4.78 is 14.3. The number of nitrogens with two attached hydrogens (primary N) is 1. The molecular formula is C3H7N2O3P. The summed E-state index contributed by atoms with van der Waals surface area (Å²) in [5, 5.41) is 8.04. The summed E-state index contributed by atoms with van der Waals surface area (Å²) >= 11 is 0. The molecule has 6 heteroatoms. The van der Waals surface area contributed by atoms with E-state index in [1.807, 2.05) is 0 Å². The highest BCUT2D eigenvalue weighted by molar-refractivity contribution is 7.50. The maximum atomic E-state index is 10.1. The van der Waals surface area contributed by atoms with E-state index >= 15 is 0 Å². The smallest absolute Gasteiger partial charge is 0.313 e. The number of rotatable bonds is 2. The van der Waals surface area contributed by atoms with Crippen LogP contribution in [0.25, 0.3) is 0 Å². The fourth-order valence-corrected chi connectivity index (χ4v) is 0.750. The Kier molecular flexibility index (Phi) is 2.82. The van der Waals surface area contributed by atoms with Gasteiger partial charge in [0.2, 0.25) is 0 Å². The molecule has 0 radical (unpaired) electrons. The first-order chi connectivity index (χ1) is 3.95. The third-order valence-corrected chi connectivity index (χ3v) is 1.11. The molecule has 0 amide bonds. The van der Waals surface area contributed by atoms with Gasteiger partial charge in [-0.1, -0.05) is 0 Å². The SMILES string of the molecule is CC(C#N)OP(N)(=O)O. The highest BCUT2D eigenvalue weighted by Crippen LogP contribution is 2.32. The quantitative estimate of drug-likeness (QED) is 0.539. The zero-order chi connectivity index (χ0) is 7.49. The molecule has 0 aromatic carbocycles. The van der Waals surface area contributed by atoms with Crippen molar-refractivity contribution in [2.24, 2.45) is 5.50 Å². The molecule has 0 aliphatic rings. The van der Waals surface area contributed by atoms with Crippen LogP contribution in [0, 0.1) is 11.3 Å². The van der Waals surface area contributed by atoms with Crippen LogP contribution in [0.2, 0.25) is 0 Å². The fraction of sp³-hybridized carbons (Fsp3) is 0.667. The van der Waals surface area contributed by atoms with Crippen LogP contribution in [-0.2, 0) is 9.09 Å². The molecule has 52 valence electrons. The van der Waals surface area contributed by atoms with Crippen LogP contribution in [0.15, 0.2) is 0 Å². The minimum absolute atomic E-state index is 0.939. The molecule has 5 nitrogen and oxygen atoms in total. The largest absolute Gasteiger partial charge is 0.401 e. The lowest BCUT2D eigenvalue weighted by Gasteiger charge is -2.05. The van der Waals surface area contributed by atoms with E-state index in [2.05, 4.69) is 10.0 Å². The molecule has 0 aliphatic heterocycles. The standard InChI is InChI=1S/C3H7N2O3P/c1-3(2-4)8-9(5,6)7/h3H,1H3,(H3,5,6,7). The molecule has 0 saturated heterocycles. The number of hydrogen-bond acceptors (Lipinski definition) is 3. The van der Waals surface area contributed by atoms with E-state index in [1.54, 1.807) is 6.07 Å².